The minimum atomic E-state index is 0.182. The lowest BCUT2D eigenvalue weighted by Gasteiger charge is -2.15. The second-order valence-electron chi connectivity index (χ2n) is 5.89. The maximum atomic E-state index is 12.4. The zero-order valence-corrected chi connectivity index (χ0v) is 12.7. The van der Waals surface area contributed by atoms with Gasteiger partial charge in [0.15, 0.2) is 5.78 Å². The number of aryl methyl sites for hydroxylation is 3. The number of hydrogen-bond donors (Lipinski definition) is 0. The highest BCUT2D eigenvalue weighted by Crippen LogP contribution is 2.23. The smallest absolute Gasteiger partial charge is 0.176 e. The predicted molar refractivity (Wildman–Crippen MR) is 82.3 cm³/mol. The Kier molecular flexibility index (Phi) is 3.88. The average molecular weight is 283 g/mol. The Morgan fingerprint density at radius 3 is 2.90 bits per heavy atom. The number of hydrogen-bond acceptors (Lipinski definition) is 3. The molecule has 3 rings (SSSR count). The Balaban J connectivity index is 1.64. The van der Waals surface area contributed by atoms with E-state index in [0.717, 1.165) is 24.2 Å². The van der Waals surface area contributed by atoms with E-state index < -0.39 is 0 Å². The summed E-state index contributed by atoms with van der Waals surface area (Å²) in [5, 5.41) is 0. The summed E-state index contributed by atoms with van der Waals surface area (Å²) in [6.07, 6.45) is 7.19. The molecule has 1 aromatic heterocycles. The summed E-state index contributed by atoms with van der Waals surface area (Å²) >= 11 is 0. The molecule has 1 aromatic carbocycles. The maximum Gasteiger partial charge on any atom is 0.176 e. The van der Waals surface area contributed by atoms with Crippen LogP contribution in [0.5, 0.6) is 0 Å². The highest BCUT2D eigenvalue weighted by atomic mass is 16.1. The van der Waals surface area contributed by atoms with E-state index in [9.17, 15) is 4.79 Å². The highest BCUT2D eigenvalue weighted by molar-refractivity contribution is 5.97. The summed E-state index contributed by atoms with van der Waals surface area (Å²) in [6, 6.07) is 6.18. The summed E-state index contributed by atoms with van der Waals surface area (Å²) in [5.41, 5.74) is 3.60. The minimum Gasteiger partial charge on any atom is -0.337 e. The van der Waals surface area contributed by atoms with Gasteiger partial charge in [-0.05, 0) is 43.5 Å². The second kappa shape index (κ2) is 5.82. The lowest BCUT2D eigenvalue weighted by atomic mass is 10.0. The number of imidazole rings is 1. The number of aromatic nitrogens is 2. The Hall–Kier alpha value is -1.94. The van der Waals surface area contributed by atoms with Crippen LogP contribution in [0.2, 0.25) is 0 Å². The van der Waals surface area contributed by atoms with Crippen molar-refractivity contribution >= 4 is 5.78 Å². The van der Waals surface area contributed by atoms with Crippen LogP contribution in [0.25, 0.3) is 0 Å². The van der Waals surface area contributed by atoms with Crippen LogP contribution in [0.3, 0.4) is 0 Å². The van der Waals surface area contributed by atoms with Gasteiger partial charge in [0, 0.05) is 25.0 Å². The summed E-state index contributed by atoms with van der Waals surface area (Å²) in [4.78, 5) is 18.7. The predicted octanol–water partition coefficient (Wildman–Crippen LogP) is 2.22. The molecule has 0 saturated carbocycles. The average Bonchev–Trinajstić information content (AvgIpc) is 3.07. The fourth-order valence-corrected chi connectivity index (χ4v) is 2.93. The molecule has 110 valence electrons. The molecule has 4 nitrogen and oxygen atoms in total. The first-order valence-corrected chi connectivity index (χ1v) is 7.43. The fraction of sp³-hybridized carbons (Fsp3) is 0.412. The molecule has 0 N–H and O–H groups in total. The van der Waals surface area contributed by atoms with E-state index in [2.05, 4.69) is 17.1 Å². The van der Waals surface area contributed by atoms with Gasteiger partial charge in [-0.2, -0.15) is 0 Å². The van der Waals surface area contributed by atoms with Gasteiger partial charge in [-0.1, -0.05) is 12.1 Å². The second-order valence-corrected chi connectivity index (χ2v) is 5.89. The molecule has 1 aliphatic rings. The number of benzene rings is 1. The first-order valence-electron chi connectivity index (χ1n) is 7.43. The molecule has 0 amide bonds. The maximum absolute atomic E-state index is 12.4. The molecule has 2 aromatic rings. The van der Waals surface area contributed by atoms with Crippen LogP contribution in [-0.4, -0.2) is 33.8 Å². The van der Waals surface area contributed by atoms with Crippen molar-refractivity contribution in [1.82, 2.24) is 14.5 Å². The van der Waals surface area contributed by atoms with Crippen LogP contribution < -0.4 is 0 Å². The highest BCUT2D eigenvalue weighted by Gasteiger charge is 2.15. The van der Waals surface area contributed by atoms with Gasteiger partial charge in [-0.25, -0.2) is 4.98 Å². The van der Waals surface area contributed by atoms with Crippen molar-refractivity contribution in [2.45, 2.75) is 25.8 Å². The fourth-order valence-electron chi connectivity index (χ4n) is 2.93. The van der Waals surface area contributed by atoms with Crippen molar-refractivity contribution in [2.75, 3.05) is 13.6 Å². The number of likely N-dealkylation sites (N-methyl/N-ethyl adjacent to an activating group) is 1. The molecule has 21 heavy (non-hydrogen) atoms. The van der Waals surface area contributed by atoms with Crippen molar-refractivity contribution < 1.29 is 4.79 Å². The molecule has 4 heteroatoms. The molecule has 0 bridgehead atoms. The van der Waals surface area contributed by atoms with E-state index in [1.165, 1.54) is 17.5 Å². The normalized spacial score (nSPS) is 13.7. The molecule has 1 aliphatic carbocycles. The van der Waals surface area contributed by atoms with Gasteiger partial charge < -0.3 is 4.57 Å². The quantitative estimate of drug-likeness (QED) is 0.790. The molecule has 0 spiro atoms. The summed E-state index contributed by atoms with van der Waals surface area (Å²) in [6.45, 7) is 1.10. The van der Waals surface area contributed by atoms with Crippen molar-refractivity contribution in [3.63, 3.8) is 0 Å². The van der Waals surface area contributed by atoms with Crippen LogP contribution >= 0.6 is 0 Å². The zero-order valence-electron chi connectivity index (χ0n) is 12.7. The lowest BCUT2D eigenvalue weighted by Crippen LogP contribution is -2.26. The van der Waals surface area contributed by atoms with Crippen LogP contribution in [0.15, 0.2) is 30.6 Å². The van der Waals surface area contributed by atoms with Gasteiger partial charge in [0.1, 0.15) is 5.82 Å². The van der Waals surface area contributed by atoms with Crippen LogP contribution in [0.4, 0.5) is 0 Å². The number of rotatable bonds is 5. The Labute approximate surface area is 125 Å². The number of Topliss-reactive ketones (excluding diaryl/α,β-unsaturated/α-hetero) is 1. The van der Waals surface area contributed by atoms with E-state index in [4.69, 9.17) is 0 Å². The zero-order chi connectivity index (χ0) is 14.8. The first kappa shape index (κ1) is 14.0. The van der Waals surface area contributed by atoms with E-state index in [1.54, 1.807) is 6.20 Å². The summed E-state index contributed by atoms with van der Waals surface area (Å²) in [7, 11) is 3.93. The molecular formula is C17H21N3O. The number of carbonyl (C=O) groups excluding carboxylic acids is 1. The van der Waals surface area contributed by atoms with Gasteiger partial charge in [0.2, 0.25) is 0 Å². The molecule has 0 saturated heterocycles. The lowest BCUT2D eigenvalue weighted by molar-refractivity contribution is 0.0941. The Morgan fingerprint density at radius 2 is 2.14 bits per heavy atom. The van der Waals surface area contributed by atoms with Gasteiger partial charge in [-0.15, -0.1) is 0 Å². The van der Waals surface area contributed by atoms with Crippen LogP contribution in [0, 0.1) is 0 Å². The number of ketones is 1. The number of fused-ring (bicyclic) bond motifs is 1. The van der Waals surface area contributed by atoms with Gasteiger partial charge in [0.05, 0.1) is 13.1 Å². The third-order valence-electron chi connectivity index (χ3n) is 4.17. The van der Waals surface area contributed by atoms with Crippen molar-refractivity contribution in [2.24, 2.45) is 7.05 Å². The monoisotopic (exact) mass is 283 g/mol. The first-order chi connectivity index (χ1) is 10.1. The Bertz CT molecular complexity index is 660. The molecular weight excluding hydrogens is 262 g/mol. The van der Waals surface area contributed by atoms with Crippen molar-refractivity contribution in [3.05, 3.63) is 53.1 Å². The molecule has 1 heterocycles. The van der Waals surface area contributed by atoms with E-state index in [1.807, 2.05) is 35.8 Å². The van der Waals surface area contributed by atoms with Crippen LogP contribution in [0.1, 0.15) is 33.7 Å². The minimum absolute atomic E-state index is 0.182. The standard InChI is InChI=1S/C17H21N3O/c1-19(12-17-18-8-9-20(17)2)11-16(21)15-7-6-13-4-3-5-14(13)10-15/h6-10H,3-5,11-12H2,1-2H3. The molecule has 0 unspecified atom stereocenters. The third kappa shape index (κ3) is 3.05. The Morgan fingerprint density at radius 1 is 1.33 bits per heavy atom. The molecule has 0 fully saturated rings. The van der Waals surface area contributed by atoms with E-state index >= 15 is 0 Å². The number of nitrogens with zero attached hydrogens (tertiary/aromatic N) is 3. The molecule has 0 atom stereocenters. The van der Waals surface area contributed by atoms with Gasteiger partial charge in [-0.3, -0.25) is 9.69 Å². The topological polar surface area (TPSA) is 38.1 Å². The summed E-state index contributed by atoms with van der Waals surface area (Å²) < 4.78 is 1.98. The van der Waals surface area contributed by atoms with E-state index in [0.29, 0.717) is 13.1 Å². The molecule has 0 radical (unpaired) electrons. The van der Waals surface area contributed by atoms with Gasteiger partial charge >= 0.3 is 0 Å². The SMILES string of the molecule is CN(CC(=O)c1ccc2c(c1)CCC2)Cc1nccn1C. The third-order valence-corrected chi connectivity index (χ3v) is 4.17. The number of carbonyl (C=O) groups is 1. The van der Waals surface area contributed by atoms with Crippen molar-refractivity contribution in [3.8, 4) is 0 Å². The van der Waals surface area contributed by atoms with Crippen LogP contribution in [-0.2, 0) is 26.4 Å². The van der Waals surface area contributed by atoms with Gasteiger partial charge in [0.25, 0.3) is 0 Å². The largest absolute Gasteiger partial charge is 0.337 e. The molecule has 0 aliphatic heterocycles. The van der Waals surface area contributed by atoms with E-state index in [-0.39, 0.29) is 5.78 Å². The van der Waals surface area contributed by atoms with Crippen molar-refractivity contribution in [1.29, 1.82) is 0 Å². The summed E-state index contributed by atoms with van der Waals surface area (Å²) in [5.74, 6) is 1.15.